The number of hydrogen-bond donors (Lipinski definition) is 2. The Labute approximate surface area is 108 Å². The maximum atomic E-state index is 11.8. The van der Waals surface area contributed by atoms with Crippen LogP contribution in [0.25, 0.3) is 0 Å². The fourth-order valence-corrected chi connectivity index (χ4v) is 2.81. The van der Waals surface area contributed by atoms with Crippen molar-refractivity contribution >= 4 is 5.91 Å². The average molecular weight is 247 g/mol. The molecule has 1 heterocycles. The van der Waals surface area contributed by atoms with E-state index in [1.54, 1.807) is 0 Å². The van der Waals surface area contributed by atoms with E-state index in [2.05, 4.69) is 23.0 Å². The molecule has 0 bridgehead atoms. The Kier molecular flexibility index (Phi) is 3.12. The average Bonchev–Trinajstić information content (AvgIpc) is 3.06. The van der Waals surface area contributed by atoms with Crippen LogP contribution in [-0.4, -0.2) is 23.6 Å². The third kappa shape index (κ3) is 2.43. The first-order valence-corrected chi connectivity index (χ1v) is 6.91. The molecule has 0 spiro atoms. The lowest BCUT2D eigenvalue weighted by atomic mass is 9.91. The van der Waals surface area contributed by atoms with Gasteiger partial charge in [-0.15, -0.1) is 0 Å². The number of rotatable bonds is 4. The second kappa shape index (κ2) is 4.76. The van der Waals surface area contributed by atoms with Gasteiger partial charge in [0.05, 0.1) is 0 Å². The van der Waals surface area contributed by atoms with Gasteiger partial charge >= 0.3 is 0 Å². The second-order valence-corrected chi connectivity index (χ2v) is 5.49. The maximum Gasteiger partial charge on any atom is 0.240 e. The summed E-state index contributed by atoms with van der Waals surface area (Å²) in [6, 6.07) is 0.911. The van der Waals surface area contributed by atoms with Gasteiger partial charge < -0.3 is 15.2 Å². The number of hydrogen-bond acceptors (Lipinski definition) is 2. The molecule has 2 aliphatic carbocycles. The Hall–Kier alpha value is -1.29. The number of nitrogens with zero attached hydrogens (tertiary/aromatic N) is 1. The van der Waals surface area contributed by atoms with E-state index in [-0.39, 0.29) is 5.91 Å². The zero-order valence-corrected chi connectivity index (χ0v) is 10.9. The van der Waals surface area contributed by atoms with Crippen molar-refractivity contribution in [1.29, 1.82) is 0 Å². The normalized spacial score (nSPS) is 22.6. The van der Waals surface area contributed by atoms with Crippen LogP contribution >= 0.6 is 0 Å². The first-order valence-electron chi connectivity index (χ1n) is 6.91. The fourth-order valence-electron chi connectivity index (χ4n) is 2.81. The molecule has 0 aliphatic heterocycles. The first-order chi connectivity index (χ1) is 8.76. The lowest BCUT2D eigenvalue weighted by Gasteiger charge is -2.21. The van der Waals surface area contributed by atoms with Gasteiger partial charge in [0.1, 0.15) is 6.54 Å². The SMILES string of the molecule is CNC1CCCc2cn(CC(=O)NC3CC3)cc21. The molecule has 0 aromatic carbocycles. The van der Waals surface area contributed by atoms with Gasteiger partial charge in [0, 0.05) is 24.5 Å². The topological polar surface area (TPSA) is 46.1 Å². The molecule has 1 unspecified atom stereocenters. The van der Waals surface area contributed by atoms with Crippen LogP contribution in [0.5, 0.6) is 0 Å². The number of aromatic nitrogens is 1. The highest BCUT2D eigenvalue weighted by Gasteiger charge is 2.24. The summed E-state index contributed by atoms with van der Waals surface area (Å²) in [5.74, 6) is 0.144. The van der Waals surface area contributed by atoms with Gasteiger partial charge in [0.2, 0.25) is 5.91 Å². The summed E-state index contributed by atoms with van der Waals surface area (Å²) >= 11 is 0. The van der Waals surface area contributed by atoms with E-state index in [0.29, 0.717) is 18.6 Å². The highest BCUT2D eigenvalue weighted by Crippen LogP contribution is 2.30. The number of amides is 1. The molecular weight excluding hydrogens is 226 g/mol. The molecule has 1 saturated carbocycles. The Bertz CT molecular complexity index is 448. The third-order valence-corrected chi connectivity index (χ3v) is 3.93. The number of fused-ring (bicyclic) bond motifs is 1. The van der Waals surface area contributed by atoms with Gasteiger partial charge in [-0.1, -0.05) is 0 Å². The summed E-state index contributed by atoms with van der Waals surface area (Å²) in [5, 5.41) is 6.39. The number of carbonyl (C=O) groups is 1. The minimum Gasteiger partial charge on any atom is -0.352 e. The van der Waals surface area contributed by atoms with Crippen molar-refractivity contribution in [3.8, 4) is 0 Å². The molecule has 1 aromatic heterocycles. The first kappa shape index (κ1) is 11.8. The molecule has 1 fully saturated rings. The Morgan fingerprint density at radius 2 is 2.22 bits per heavy atom. The lowest BCUT2D eigenvalue weighted by molar-refractivity contribution is -0.121. The Balaban J connectivity index is 1.69. The van der Waals surface area contributed by atoms with Crippen LogP contribution in [0.2, 0.25) is 0 Å². The summed E-state index contributed by atoms with van der Waals surface area (Å²) in [6.45, 7) is 0.458. The van der Waals surface area contributed by atoms with E-state index in [0.717, 1.165) is 19.3 Å². The number of aryl methyl sites for hydroxylation is 1. The molecule has 18 heavy (non-hydrogen) atoms. The van der Waals surface area contributed by atoms with Gasteiger partial charge in [-0.25, -0.2) is 0 Å². The van der Waals surface area contributed by atoms with E-state index in [1.807, 2.05) is 11.6 Å². The standard InChI is InChI=1S/C14H21N3O/c1-15-13-4-2-3-10-7-17(8-12(10)13)9-14(18)16-11-5-6-11/h7-8,11,13,15H,2-6,9H2,1H3,(H,16,18). The van der Waals surface area contributed by atoms with Crippen LogP contribution in [0.3, 0.4) is 0 Å². The largest absolute Gasteiger partial charge is 0.352 e. The van der Waals surface area contributed by atoms with Crippen LogP contribution in [0, 0.1) is 0 Å². The van der Waals surface area contributed by atoms with Crippen molar-refractivity contribution in [2.24, 2.45) is 0 Å². The van der Waals surface area contributed by atoms with Crippen molar-refractivity contribution < 1.29 is 4.79 Å². The van der Waals surface area contributed by atoms with Gasteiger partial charge in [-0.3, -0.25) is 4.79 Å². The summed E-state index contributed by atoms with van der Waals surface area (Å²) in [6.07, 6.45) is 10.2. The molecule has 2 aliphatic rings. The Morgan fingerprint density at radius 3 is 2.94 bits per heavy atom. The Morgan fingerprint density at radius 1 is 1.39 bits per heavy atom. The summed E-state index contributed by atoms with van der Waals surface area (Å²) in [7, 11) is 2.01. The van der Waals surface area contributed by atoms with Crippen LogP contribution in [0.1, 0.15) is 42.9 Å². The zero-order valence-electron chi connectivity index (χ0n) is 10.9. The van der Waals surface area contributed by atoms with E-state index >= 15 is 0 Å². The minimum atomic E-state index is 0.144. The predicted octanol–water partition coefficient (Wildman–Crippen LogP) is 1.36. The van der Waals surface area contributed by atoms with Crippen LogP contribution < -0.4 is 10.6 Å². The van der Waals surface area contributed by atoms with E-state index in [4.69, 9.17) is 0 Å². The van der Waals surface area contributed by atoms with Crippen molar-refractivity contribution in [3.05, 3.63) is 23.5 Å². The van der Waals surface area contributed by atoms with Crippen molar-refractivity contribution in [1.82, 2.24) is 15.2 Å². The van der Waals surface area contributed by atoms with Gasteiger partial charge in [0.15, 0.2) is 0 Å². The smallest absolute Gasteiger partial charge is 0.240 e. The third-order valence-electron chi connectivity index (χ3n) is 3.93. The lowest BCUT2D eigenvalue weighted by Crippen LogP contribution is -2.28. The molecule has 3 rings (SSSR count). The highest BCUT2D eigenvalue weighted by molar-refractivity contribution is 5.76. The molecule has 0 radical (unpaired) electrons. The molecule has 1 atom stereocenters. The summed E-state index contributed by atoms with van der Waals surface area (Å²) < 4.78 is 2.04. The van der Waals surface area contributed by atoms with Crippen molar-refractivity contribution in [2.75, 3.05) is 7.05 Å². The van der Waals surface area contributed by atoms with Gasteiger partial charge in [0.25, 0.3) is 0 Å². The molecule has 4 nitrogen and oxygen atoms in total. The van der Waals surface area contributed by atoms with Crippen LogP contribution in [0.4, 0.5) is 0 Å². The van der Waals surface area contributed by atoms with Crippen molar-refractivity contribution in [3.63, 3.8) is 0 Å². The molecule has 1 aromatic rings. The van der Waals surface area contributed by atoms with Crippen LogP contribution in [-0.2, 0) is 17.8 Å². The number of carbonyl (C=O) groups excluding carboxylic acids is 1. The number of nitrogens with one attached hydrogen (secondary N) is 2. The molecule has 0 saturated heterocycles. The molecule has 4 heteroatoms. The van der Waals surface area contributed by atoms with E-state index in [9.17, 15) is 4.79 Å². The summed E-state index contributed by atoms with van der Waals surface area (Å²) in [4.78, 5) is 11.8. The molecular formula is C14H21N3O. The highest BCUT2D eigenvalue weighted by atomic mass is 16.2. The van der Waals surface area contributed by atoms with Gasteiger partial charge in [-0.05, 0) is 50.3 Å². The molecule has 2 N–H and O–H groups in total. The van der Waals surface area contributed by atoms with E-state index in [1.165, 1.54) is 24.0 Å². The second-order valence-electron chi connectivity index (χ2n) is 5.49. The predicted molar refractivity (Wildman–Crippen MR) is 70.3 cm³/mol. The molecule has 1 amide bonds. The quantitative estimate of drug-likeness (QED) is 0.844. The monoisotopic (exact) mass is 247 g/mol. The fraction of sp³-hybridized carbons (Fsp3) is 0.643. The van der Waals surface area contributed by atoms with Crippen molar-refractivity contribution in [2.45, 2.75) is 50.7 Å². The van der Waals surface area contributed by atoms with Gasteiger partial charge in [-0.2, -0.15) is 0 Å². The maximum absolute atomic E-state index is 11.8. The minimum absolute atomic E-state index is 0.144. The van der Waals surface area contributed by atoms with E-state index < -0.39 is 0 Å². The summed E-state index contributed by atoms with van der Waals surface area (Å²) in [5.41, 5.74) is 2.78. The molecule has 98 valence electrons. The zero-order chi connectivity index (χ0) is 12.5. The van der Waals surface area contributed by atoms with Crippen LogP contribution in [0.15, 0.2) is 12.4 Å².